The van der Waals surface area contributed by atoms with Crippen LogP contribution in [-0.2, 0) is 6.54 Å². The third-order valence-electron chi connectivity index (χ3n) is 5.42. The van der Waals surface area contributed by atoms with E-state index < -0.39 is 0 Å². The molecule has 5 rings (SSSR count). The predicted octanol–water partition coefficient (Wildman–Crippen LogP) is 3.45. The van der Waals surface area contributed by atoms with Gasteiger partial charge in [-0.25, -0.2) is 4.98 Å². The minimum Gasteiger partial charge on any atom is -0.310 e. The molecule has 3 heteroatoms. The van der Waals surface area contributed by atoms with Crippen molar-refractivity contribution in [1.82, 2.24) is 10.3 Å². The van der Waals surface area contributed by atoms with Gasteiger partial charge < -0.3 is 5.32 Å². The number of hydrogen-bond acceptors (Lipinski definition) is 3. The van der Waals surface area contributed by atoms with E-state index in [0.29, 0.717) is 5.41 Å². The molecule has 0 aliphatic heterocycles. The van der Waals surface area contributed by atoms with E-state index in [1.54, 1.807) is 30.6 Å². The highest BCUT2D eigenvalue weighted by Crippen LogP contribution is 2.59. The largest absolute Gasteiger partial charge is 0.310 e. The van der Waals surface area contributed by atoms with Crippen LogP contribution in [0.2, 0.25) is 0 Å². The molecule has 4 aliphatic rings. The lowest BCUT2D eigenvalue weighted by molar-refractivity contribution is -0.0514. The van der Waals surface area contributed by atoms with Crippen LogP contribution in [-0.4, -0.2) is 11.5 Å². The number of hydrogen-bond donors (Lipinski definition) is 1. The van der Waals surface area contributed by atoms with Gasteiger partial charge in [-0.3, -0.25) is 0 Å². The Labute approximate surface area is 113 Å². The number of nitrogens with one attached hydrogen (secondary N) is 1. The van der Waals surface area contributed by atoms with Crippen molar-refractivity contribution < 1.29 is 0 Å². The van der Waals surface area contributed by atoms with E-state index in [0.717, 1.165) is 24.3 Å². The fraction of sp³-hybridized carbons (Fsp3) is 0.800. The summed E-state index contributed by atoms with van der Waals surface area (Å²) in [6.45, 7) is 2.20. The van der Waals surface area contributed by atoms with Gasteiger partial charge in [0.2, 0.25) is 0 Å². The van der Waals surface area contributed by atoms with Crippen LogP contribution in [0.3, 0.4) is 0 Å². The molecule has 0 aromatic carbocycles. The van der Waals surface area contributed by atoms with Gasteiger partial charge in [0.15, 0.2) is 0 Å². The molecule has 4 bridgehead atoms. The Morgan fingerprint density at radius 1 is 1.17 bits per heavy atom. The van der Waals surface area contributed by atoms with Gasteiger partial charge in [0.25, 0.3) is 0 Å². The molecule has 0 spiro atoms. The zero-order valence-electron chi connectivity index (χ0n) is 10.9. The average Bonchev–Trinajstić information content (AvgIpc) is 2.79. The Morgan fingerprint density at radius 3 is 2.39 bits per heavy atom. The average molecular weight is 262 g/mol. The summed E-state index contributed by atoms with van der Waals surface area (Å²) in [7, 11) is 0. The Bertz CT molecular complexity index is 377. The highest BCUT2D eigenvalue weighted by molar-refractivity contribution is 7.09. The van der Waals surface area contributed by atoms with Crippen LogP contribution < -0.4 is 5.32 Å². The lowest BCUT2D eigenvalue weighted by Crippen LogP contribution is -2.50. The molecule has 1 N–H and O–H groups in total. The van der Waals surface area contributed by atoms with Crippen LogP contribution in [0.5, 0.6) is 0 Å². The Hall–Kier alpha value is -0.410. The second-order valence-corrected chi connectivity index (χ2v) is 7.93. The van der Waals surface area contributed by atoms with Gasteiger partial charge in [-0.2, -0.15) is 0 Å². The second-order valence-electron chi connectivity index (χ2n) is 6.95. The Balaban J connectivity index is 1.39. The predicted molar refractivity (Wildman–Crippen MR) is 74.4 cm³/mol. The van der Waals surface area contributed by atoms with Gasteiger partial charge in [0.1, 0.15) is 5.01 Å². The van der Waals surface area contributed by atoms with Crippen LogP contribution in [0, 0.1) is 23.2 Å². The van der Waals surface area contributed by atoms with Crippen molar-refractivity contribution in [2.45, 2.75) is 45.1 Å². The molecule has 2 nitrogen and oxygen atoms in total. The van der Waals surface area contributed by atoms with Crippen molar-refractivity contribution in [3.8, 4) is 0 Å². The molecule has 0 unspecified atom stereocenters. The van der Waals surface area contributed by atoms with Crippen molar-refractivity contribution in [3.05, 3.63) is 16.6 Å². The van der Waals surface area contributed by atoms with Crippen molar-refractivity contribution in [1.29, 1.82) is 0 Å². The zero-order valence-corrected chi connectivity index (χ0v) is 11.7. The SMILES string of the molecule is c1csc(CNCC23CC4CC(CC(C4)C2)C3)n1. The summed E-state index contributed by atoms with van der Waals surface area (Å²) in [6.07, 6.45) is 11.1. The Kier molecular flexibility index (Phi) is 2.73. The van der Waals surface area contributed by atoms with Gasteiger partial charge in [-0.1, -0.05) is 0 Å². The van der Waals surface area contributed by atoms with Gasteiger partial charge in [-0.05, 0) is 61.7 Å². The third-order valence-corrected chi connectivity index (χ3v) is 6.20. The maximum absolute atomic E-state index is 4.36. The van der Waals surface area contributed by atoms with Crippen molar-refractivity contribution in [2.24, 2.45) is 23.2 Å². The highest BCUT2D eigenvalue weighted by atomic mass is 32.1. The molecule has 1 aromatic rings. The summed E-state index contributed by atoms with van der Waals surface area (Å²) in [5.41, 5.74) is 0.659. The molecule has 1 aromatic heterocycles. The van der Waals surface area contributed by atoms with Crippen LogP contribution in [0.4, 0.5) is 0 Å². The first-order valence-corrected chi connectivity index (χ1v) is 8.28. The van der Waals surface area contributed by atoms with Gasteiger partial charge in [0.05, 0.1) is 0 Å². The second kappa shape index (κ2) is 4.31. The van der Waals surface area contributed by atoms with Crippen LogP contribution in [0.1, 0.15) is 43.5 Å². The van der Waals surface area contributed by atoms with Gasteiger partial charge in [0, 0.05) is 24.7 Å². The lowest BCUT2D eigenvalue weighted by atomic mass is 9.49. The summed E-state index contributed by atoms with van der Waals surface area (Å²) < 4.78 is 0. The number of nitrogens with zero attached hydrogens (tertiary/aromatic N) is 1. The maximum Gasteiger partial charge on any atom is 0.106 e. The fourth-order valence-electron chi connectivity index (χ4n) is 5.28. The van der Waals surface area contributed by atoms with E-state index in [1.807, 2.05) is 6.20 Å². The first kappa shape index (κ1) is 11.4. The van der Waals surface area contributed by atoms with Crippen LogP contribution in [0.15, 0.2) is 11.6 Å². The highest BCUT2D eigenvalue weighted by Gasteiger charge is 2.50. The van der Waals surface area contributed by atoms with E-state index in [-0.39, 0.29) is 0 Å². The van der Waals surface area contributed by atoms with Crippen LogP contribution in [0.25, 0.3) is 0 Å². The summed E-state index contributed by atoms with van der Waals surface area (Å²) in [4.78, 5) is 4.36. The van der Waals surface area contributed by atoms with Crippen LogP contribution >= 0.6 is 11.3 Å². The summed E-state index contributed by atoms with van der Waals surface area (Å²) >= 11 is 1.77. The standard InChI is InChI=1S/C15H22N2S/c1-2-18-14(17-1)9-16-10-15-6-11-3-12(7-15)5-13(4-11)8-15/h1-2,11-13,16H,3-10H2. The molecule has 4 aliphatic carbocycles. The zero-order chi connectivity index (χ0) is 12.0. The summed E-state index contributed by atoms with van der Waals surface area (Å²) in [6, 6.07) is 0. The molecule has 0 saturated heterocycles. The molecule has 4 fully saturated rings. The molecule has 0 radical (unpaired) electrons. The van der Waals surface area contributed by atoms with E-state index in [9.17, 15) is 0 Å². The Morgan fingerprint density at radius 2 is 1.83 bits per heavy atom. The minimum absolute atomic E-state index is 0.659. The molecular weight excluding hydrogens is 240 g/mol. The lowest BCUT2D eigenvalue weighted by Gasteiger charge is -2.57. The summed E-state index contributed by atoms with van der Waals surface area (Å²) in [5, 5.41) is 7.00. The number of thiazole rings is 1. The summed E-state index contributed by atoms with van der Waals surface area (Å²) in [5.74, 6) is 3.20. The molecule has 0 amide bonds. The monoisotopic (exact) mass is 262 g/mol. The first-order valence-electron chi connectivity index (χ1n) is 7.40. The van der Waals surface area contributed by atoms with E-state index in [1.165, 1.54) is 30.8 Å². The van der Waals surface area contributed by atoms with Gasteiger partial charge in [-0.15, -0.1) is 11.3 Å². The topological polar surface area (TPSA) is 24.9 Å². The van der Waals surface area contributed by atoms with Crippen molar-refractivity contribution >= 4 is 11.3 Å². The minimum atomic E-state index is 0.659. The maximum atomic E-state index is 4.36. The molecule has 0 atom stereocenters. The number of aromatic nitrogens is 1. The van der Waals surface area contributed by atoms with E-state index in [2.05, 4.69) is 15.7 Å². The van der Waals surface area contributed by atoms with E-state index in [4.69, 9.17) is 0 Å². The third kappa shape index (κ3) is 2.01. The molecular formula is C15H22N2S. The van der Waals surface area contributed by atoms with Gasteiger partial charge >= 0.3 is 0 Å². The normalized spacial score (nSPS) is 41.4. The molecule has 18 heavy (non-hydrogen) atoms. The molecule has 1 heterocycles. The quantitative estimate of drug-likeness (QED) is 0.899. The smallest absolute Gasteiger partial charge is 0.106 e. The number of rotatable bonds is 4. The van der Waals surface area contributed by atoms with Crippen molar-refractivity contribution in [3.63, 3.8) is 0 Å². The van der Waals surface area contributed by atoms with E-state index >= 15 is 0 Å². The first-order chi connectivity index (χ1) is 8.81. The van der Waals surface area contributed by atoms with Crippen molar-refractivity contribution in [2.75, 3.05) is 6.54 Å². The molecule has 4 saturated carbocycles. The fourth-order valence-corrected chi connectivity index (χ4v) is 5.87. The molecule has 98 valence electrons.